The maximum atomic E-state index is 12.4. The van der Waals surface area contributed by atoms with Crippen LogP contribution in [0, 0.1) is 10.1 Å². The predicted octanol–water partition coefficient (Wildman–Crippen LogP) is -0.320. The lowest BCUT2D eigenvalue weighted by molar-refractivity contribution is -0.384. The van der Waals surface area contributed by atoms with Crippen LogP contribution in [-0.4, -0.2) is 59.7 Å². The lowest BCUT2D eigenvalue weighted by Gasteiger charge is -2.30. The maximum absolute atomic E-state index is 12.4. The summed E-state index contributed by atoms with van der Waals surface area (Å²) in [5.74, 6) is -2.29. The van der Waals surface area contributed by atoms with Gasteiger partial charge >= 0.3 is 5.97 Å². The first-order valence-corrected chi connectivity index (χ1v) is 7.66. The summed E-state index contributed by atoms with van der Waals surface area (Å²) in [6.45, 7) is -0.804. The highest BCUT2D eigenvalue weighted by atomic mass is 16.6. The Morgan fingerprint density at radius 3 is 2.81 bits per heavy atom. The van der Waals surface area contributed by atoms with E-state index < -0.39 is 34.8 Å². The second-order valence-corrected chi connectivity index (χ2v) is 5.92. The van der Waals surface area contributed by atoms with Crippen LogP contribution in [-0.2, 0) is 19.1 Å². The van der Waals surface area contributed by atoms with Gasteiger partial charge in [-0.3, -0.25) is 24.6 Å². The summed E-state index contributed by atoms with van der Waals surface area (Å²) in [5, 5.41) is 22.7. The quantitative estimate of drug-likeness (QED) is 0.533. The van der Waals surface area contributed by atoms with Crippen LogP contribution >= 0.6 is 0 Å². The lowest BCUT2D eigenvalue weighted by atomic mass is 9.99. The van der Waals surface area contributed by atoms with Gasteiger partial charge in [-0.15, -0.1) is 0 Å². The Labute approximate surface area is 146 Å². The number of aliphatic carboxylic acids is 1. The summed E-state index contributed by atoms with van der Waals surface area (Å²) >= 11 is 0. The van der Waals surface area contributed by atoms with Crippen molar-refractivity contribution in [1.29, 1.82) is 0 Å². The molecule has 1 saturated heterocycles. The van der Waals surface area contributed by atoms with E-state index >= 15 is 0 Å². The van der Waals surface area contributed by atoms with Crippen LogP contribution in [0.15, 0.2) is 18.2 Å². The standard InChI is InChI=1S/C15H15N3O8/c19-12(16-15(14(21)22)3-4-25-8-15)6-17-10-5-9(18(23)24)1-2-11(10)26-7-13(17)20/h1-2,5H,3-4,6-8H2,(H,16,19)(H,21,22). The SMILES string of the molecule is O=C(CN1C(=O)COc2ccc([N+](=O)[O-])cc21)NC1(C(=O)O)CCOC1. The van der Waals surface area contributed by atoms with Crippen molar-refractivity contribution < 1.29 is 33.9 Å². The number of carboxylic acid groups (broad SMARTS) is 1. The molecular weight excluding hydrogens is 350 g/mol. The summed E-state index contributed by atoms with van der Waals surface area (Å²) in [4.78, 5) is 47.3. The molecule has 2 amide bonds. The van der Waals surface area contributed by atoms with E-state index in [-0.39, 0.29) is 43.4 Å². The van der Waals surface area contributed by atoms with Gasteiger partial charge in [-0.05, 0) is 6.07 Å². The molecule has 0 saturated carbocycles. The third kappa shape index (κ3) is 3.16. The molecular formula is C15H15N3O8. The van der Waals surface area contributed by atoms with Crippen molar-refractivity contribution in [2.75, 3.05) is 31.3 Å². The zero-order valence-corrected chi connectivity index (χ0v) is 13.5. The first-order valence-electron chi connectivity index (χ1n) is 7.66. The van der Waals surface area contributed by atoms with Crippen LogP contribution in [0.3, 0.4) is 0 Å². The van der Waals surface area contributed by atoms with E-state index in [1.54, 1.807) is 0 Å². The van der Waals surface area contributed by atoms with Gasteiger partial charge in [0.05, 0.1) is 17.2 Å². The summed E-state index contributed by atoms with van der Waals surface area (Å²) in [6.07, 6.45) is 0.104. The van der Waals surface area contributed by atoms with Gasteiger partial charge in [0.25, 0.3) is 11.6 Å². The number of benzene rings is 1. The molecule has 2 heterocycles. The van der Waals surface area contributed by atoms with Crippen LogP contribution in [0.25, 0.3) is 0 Å². The zero-order chi connectivity index (χ0) is 18.9. The fourth-order valence-electron chi connectivity index (χ4n) is 2.81. The highest BCUT2D eigenvalue weighted by molar-refractivity contribution is 6.03. The summed E-state index contributed by atoms with van der Waals surface area (Å²) in [6, 6.07) is 3.70. The molecule has 1 aromatic rings. The molecule has 2 aliphatic rings. The third-order valence-corrected chi connectivity index (χ3v) is 4.21. The van der Waals surface area contributed by atoms with Crippen LogP contribution in [0.5, 0.6) is 5.75 Å². The van der Waals surface area contributed by atoms with Crippen LogP contribution in [0.4, 0.5) is 11.4 Å². The molecule has 0 bridgehead atoms. The molecule has 138 valence electrons. The number of hydrogen-bond acceptors (Lipinski definition) is 7. The number of fused-ring (bicyclic) bond motifs is 1. The van der Waals surface area contributed by atoms with Gasteiger partial charge in [0, 0.05) is 25.2 Å². The van der Waals surface area contributed by atoms with Crippen molar-refractivity contribution in [2.45, 2.75) is 12.0 Å². The van der Waals surface area contributed by atoms with Crippen molar-refractivity contribution in [1.82, 2.24) is 5.32 Å². The van der Waals surface area contributed by atoms with E-state index in [1.165, 1.54) is 12.1 Å². The van der Waals surface area contributed by atoms with Crippen molar-refractivity contribution >= 4 is 29.2 Å². The van der Waals surface area contributed by atoms with Gasteiger partial charge in [-0.25, -0.2) is 4.79 Å². The number of rotatable bonds is 5. The molecule has 11 nitrogen and oxygen atoms in total. The van der Waals surface area contributed by atoms with Crippen LogP contribution in [0.1, 0.15) is 6.42 Å². The molecule has 1 fully saturated rings. The smallest absolute Gasteiger partial charge is 0.331 e. The molecule has 1 unspecified atom stereocenters. The Bertz CT molecular complexity index is 787. The Morgan fingerprint density at radius 2 is 2.19 bits per heavy atom. The van der Waals surface area contributed by atoms with Crippen molar-refractivity contribution in [3.63, 3.8) is 0 Å². The van der Waals surface area contributed by atoms with E-state index in [0.717, 1.165) is 11.0 Å². The predicted molar refractivity (Wildman–Crippen MR) is 84.9 cm³/mol. The highest BCUT2D eigenvalue weighted by Crippen LogP contribution is 2.35. The molecule has 3 rings (SSSR count). The number of non-ortho nitro benzene ring substituents is 1. The summed E-state index contributed by atoms with van der Waals surface area (Å²) in [5.41, 5.74) is -1.73. The molecule has 1 atom stereocenters. The number of ether oxygens (including phenoxy) is 2. The normalized spacial score (nSPS) is 21.7. The minimum Gasteiger partial charge on any atom is -0.482 e. The average Bonchev–Trinajstić information content (AvgIpc) is 3.06. The number of carboxylic acids is 1. The highest BCUT2D eigenvalue weighted by Gasteiger charge is 2.44. The zero-order valence-electron chi connectivity index (χ0n) is 13.5. The minimum atomic E-state index is -1.54. The first-order chi connectivity index (χ1) is 12.3. The van der Waals surface area contributed by atoms with Gasteiger partial charge in [0.15, 0.2) is 12.1 Å². The summed E-state index contributed by atoms with van der Waals surface area (Å²) in [7, 11) is 0. The molecule has 11 heteroatoms. The number of nitrogens with zero attached hydrogens (tertiary/aromatic N) is 2. The van der Waals surface area contributed by atoms with Crippen LogP contribution in [0.2, 0.25) is 0 Å². The average molecular weight is 365 g/mol. The number of amides is 2. The number of nitro benzene ring substituents is 1. The molecule has 0 aromatic heterocycles. The fourth-order valence-corrected chi connectivity index (χ4v) is 2.81. The number of nitrogens with one attached hydrogen (secondary N) is 1. The van der Waals surface area contributed by atoms with Crippen LogP contribution < -0.4 is 15.0 Å². The Balaban J connectivity index is 1.82. The second-order valence-electron chi connectivity index (χ2n) is 5.92. The largest absolute Gasteiger partial charge is 0.482 e. The molecule has 0 aliphatic carbocycles. The number of nitro groups is 1. The number of carbonyl (C=O) groups is 3. The first kappa shape index (κ1) is 17.6. The Hall–Kier alpha value is -3.21. The topological polar surface area (TPSA) is 148 Å². The molecule has 2 N–H and O–H groups in total. The van der Waals surface area contributed by atoms with Crippen molar-refractivity contribution in [3.8, 4) is 5.75 Å². The number of hydrogen-bond donors (Lipinski definition) is 2. The van der Waals surface area contributed by atoms with E-state index in [4.69, 9.17) is 9.47 Å². The molecule has 26 heavy (non-hydrogen) atoms. The minimum absolute atomic E-state index is 0.0812. The molecule has 2 aliphatic heterocycles. The second kappa shape index (κ2) is 6.59. The van der Waals surface area contributed by atoms with E-state index in [0.29, 0.717) is 0 Å². The van der Waals surface area contributed by atoms with E-state index in [9.17, 15) is 29.6 Å². The van der Waals surface area contributed by atoms with Crippen molar-refractivity contribution in [2.24, 2.45) is 0 Å². The summed E-state index contributed by atoms with van der Waals surface area (Å²) < 4.78 is 10.3. The third-order valence-electron chi connectivity index (χ3n) is 4.21. The lowest BCUT2D eigenvalue weighted by Crippen LogP contribution is -2.58. The molecule has 1 aromatic carbocycles. The molecule has 0 radical (unpaired) electrons. The number of carbonyl (C=O) groups excluding carboxylic acids is 2. The molecule has 0 spiro atoms. The maximum Gasteiger partial charge on any atom is 0.331 e. The Morgan fingerprint density at radius 1 is 1.42 bits per heavy atom. The van der Waals surface area contributed by atoms with Gasteiger partial charge < -0.3 is 19.9 Å². The Kier molecular flexibility index (Phi) is 4.47. The number of anilines is 1. The fraction of sp³-hybridized carbons (Fsp3) is 0.400. The van der Waals surface area contributed by atoms with E-state index in [1.807, 2.05) is 0 Å². The van der Waals surface area contributed by atoms with Gasteiger partial charge in [-0.2, -0.15) is 0 Å². The monoisotopic (exact) mass is 365 g/mol. The van der Waals surface area contributed by atoms with Gasteiger partial charge in [0.1, 0.15) is 12.3 Å². The van der Waals surface area contributed by atoms with Gasteiger partial charge in [0.2, 0.25) is 5.91 Å². The van der Waals surface area contributed by atoms with E-state index in [2.05, 4.69) is 5.32 Å². The van der Waals surface area contributed by atoms with Crippen molar-refractivity contribution in [3.05, 3.63) is 28.3 Å². The van der Waals surface area contributed by atoms with Gasteiger partial charge in [-0.1, -0.05) is 0 Å².